The second-order valence-electron chi connectivity index (χ2n) is 4.29. The molecule has 0 aliphatic carbocycles. The van der Waals surface area contributed by atoms with Crippen molar-refractivity contribution < 1.29 is 13.2 Å². The molecule has 1 amide bonds. The number of carbonyl (C=O) groups excluding carboxylic acids is 1. The van der Waals surface area contributed by atoms with E-state index in [0.717, 1.165) is 0 Å². The fourth-order valence-electron chi connectivity index (χ4n) is 1.03. The molecule has 0 rings (SSSR count). The van der Waals surface area contributed by atoms with Gasteiger partial charge in [0.1, 0.15) is 5.75 Å². The van der Waals surface area contributed by atoms with Crippen molar-refractivity contribution in [2.75, 3.05) is 19.3 Å². The van der Waals surface area contributed by atoms with E-state index in [1.165, 1.54) is 7.05 Å². The lowest BCUT2D eigenvalue weighted by Gasteiger charge is -2.33. The van der Waals surface area contributed by atoms with E-state index in [4.69, 9.17) is 5.73 Å². The van der Waals surface area contributed by atoms with E-state index in [9.17, 15) is 13.2 Å². The van der Waals surface area contributed by atoms with E-state index in [0.29, 0.717) is 0 Å². The minimum absolute atomic E-state index is 0. The highest BCUT2D eigenvalue weighted by molar-refractivity contribution is 7.90. The van der Waals surface area contributed by atoms with Gasteiger partial charge >= 0.3 is 0 Å². The second-order valence-corrected chi connectivity index (χ2v) is 6.21. The Morgan fingerprint density at radius 3 is 2.18 bits per heavy atom. The molecule has 0 fully saturated rings. The third-order valence-corrected chi connectivity index (χ3v) is 4.02. The molecule has 1 atom stereocenters. The number of hydrogen-bond acceptors (Lipinski definition) is 4. The SMILES string of the molecule is CNS(=O)(=O)CC(=O)NC(C)(CN)C(C)C.Cl. The molecule has 0 saturated heterocycles. The van der Waals surface area contributed by atoms with Crippen LogP contribution in [-0.4, -0.2) is 39.2 Å². The second kappa shape index (κ2) is 7.15. The molecule has 0 aromatic heterocycles. The van der Waals surface area contributed by atoms with Crippen LogP contribution in [0.4, 0.5) is 0 Å². The Morgan fingerprint density at radius 1 is 1.41 bits per heavy atom. The van der Waals surface area contributed by atoms with Crippen molar-refractivity contribution >= 4 is 28.3 Å². The van der Waals surface area contributed by atoms with Gasteiger partial charge in [-0.2, -0.15) is 0 Å². The van der Waals surface area contributed by atoms with Crippen molar-refractivity contribution in [1.82, 2.24) is 10.0 Å². The van der Waals surface area contributed by atoms with Gasteiger partial charge in [-0.25, -0.2) is 13.1 Å². The Balaban J connectivity index is 0. The maximum atomic E-state index is 11.5. The molecule has 0 aliphatic rings. The highest BCUT2D eigenvalue weighted by Crippen LogP contribution is 2.14. The summed E-state index contributed by atoms with van der Waals surface area (Å²) in [5.41, 5.74) is 4.99. The molecule has 8 heteroatoms. The summed E-state index contributed by atoms with van der Waals surface area (Å²) < 4.78 is 24.4. The van der Waals surface area contributed by atoms with Gasteiger partial charge in [0, 0.05) is 6.54 Å². The zero-order valence-electron chi connectivity index (χ0n) is 10.6. The van der Waals surface area contributed by atoms with Gasteiger partial charge in [0.05, 0.1) is 5.54 Å². The van der Waals surface area contributed by atoms with E-state index in [2.05, 4.69) is 10.0 Å². The molecule has 0 radical (unpaired) electrons. The summed E-state index contributed by atoms with van der Waals surface area (Å²) in [6.45, 7) is 5.89. The molecular weight excluding hydrogens is 266 g/mol. The number of hydrogen-bond donors (Lipinski definition) is 3. The lowest BCUT2D eigenvalue weighted by molar-refractivity contribution is -0.120. The minimum Gasteiger partial charge on any atom is -0.348 e. The van der Waals surface area contributed by atoms with E-state index < -0.39 is 27.2 Å². The fraction of sp³-hybridized carbons (Fsp3) is 0.889. The predicted octanol–water partition coefficient (Wildman–Crippen LogP) is -0.553. The number of halogens is 1. The molecule has 104 valence electrons. The topological polar surface area (TPSA) is 101 Å². The van der Waals surface area contributed by atoms with Crippen molar-refractivity contribution in [2.45, 2.75) is 26.3 Å². The number of nitrogens with one attached hydrogen (secondary N) is 2. The van der Waals surface area contributed by atoms with E-state index in [1.807, 2.05) is 13.8 Å². The first-order valence-corrected chi connectivity index (χ1v) is 6.74. The Morgan fingerprint density at radius 2 is 1.88 bits per heavy atom. The average molecular weight is 288 g/mol. The lowest BCUT2D eigenvalue weighted by Crippen LogP contribution is -2.56. The highest BCUT2D eigenvalue weighted by atomic mass is 35.5. The van der Waals surface area contributed by atoms with Gasteiger partial charge in [0.2, 0.25) is 15.9 Å². The van der Waals surface area contributed by atoms with Crippen LogP contribution < -0.4 is 15.8 Å². The Kier molecular flexibility index (Phi) is 7.98. The number of amides is 1. The summed E-state index contributed by atoms with van der Waals surface area (Å²) in [5, 5.41) is 2.65. The summed E-state index contributed by atoms with van der Waals surface area (Å²) >= 11 is 0. The Bertz CT molecular complexity index is 345. The van der Waals surface area contributed by atoms with Gasteiger partial charge in [0.25, 0.3) is 0 Å². The maximum Gasteiger partial charge on any atom is 0.237 e. The standard InChI is InChI=1S/C9H21N3O3S.ClH/c1-7(2)9(3,6-10)12-8(13)5-16(14,15)11-4;/h7,11H,5-6,10H2,1-4H3,(H,12,13);1H. The van der Waals surface area contributed by atoms with Gasteiger partial charge in [-0.1, -0.05) is 13.8 Å². The van der Waals surface area contributed by atoms with Gasteiger partial charge in [-0.15, -0.1) is 12.4 Å². The molecule has 0 heterocycles. The largest absolute Gasteiger partial charge is 0.348 e. The van der Waals surface area contributed by atoms with Crippen LogP contribution in [0, 0.1) is 5.92 Å². The van der Waals surface area contributed by atoms with Crippen LogP contribution in [0.2, 0.25) is 0 Å². The number of carbonyl (C=O) groups is 1. The zero-order valence-corrected chi connectivity index (χ0v) is 12.2. The quantitative estimate of drug-likeness (QED) is 0.610. The highest BCUT2D eigenvalue weighted by Gasteiger charge is 2.29. The van der Waals surface area contributed by atoms with Crippen molar-refractivity contribution in [3.63, 3.8) is 0 Å². The molecule has 0 spiro atoms. The van der Waals surface area contributed by atoms with E-state index in [1.54, 1.807) is 6.92 Å². The van der Waals surface area contributed by atoms with Crippen molar-refractivity contribution in [1.29, 1.82) is 0 Å². The van der Waals surface area contributed by atoms with Crippen molar-refractivity contribution in [2.24, 2.45) is 11.7 Å². The third-order valence-electron chi connectivity index (χ3n) is 2.76. The smallest absolute Gasteiger partial charge is 0.237 e. The van der Waals surface area contributed by atoms with Crippen LogP contribution in [0.3, 0.4) is 0 Å². The van der Waals surface area contributed by atoms with Gasteiger partial charge in [-0.3, -0.25) is 4.79 Å². The fourth-order valence-corrected chi connectivity index (χ4v) is 1.59. The number of sulfonamides is 1. The molecule has 6 nitrogen and oxygen atoms in total. The first-order chi connectivity index (χ1) is 7.17. The van der Waals surface area contributed by atoms with Crippen LogP contribution in [0.15, 0.2) is 0 Å². The van der Waals surface area contributed by atoms with Crippen molar-refractivity contribution in [3.8, 4) is 0 Å². The Labute approximate surface area is 109 Å². The molecule has 0 saturated carbocycles. The Hall–Kier alpha value is -0.370. The maximum absolute atomic E-state index is 11.5. The molecule has 0 aromatic carbocycles. The minimum atomic E-state index is -3.53. The molecule has 1 unspecified atom stereocenters. The first kappa shape index (κ1) is 19.0. The van der Waals surface area contributed by atoms with Crippen LogP contribution in [0.25, 0.3) is 0 Å². The molecule has 0 bridgehead atoms. The van der Waals surface area contributed by atoms with Crippen LogP contribution >= 0.6 is 12.4 Å². The van der Waals surface area contributed by atoms with Crippen LogP contribution in [-0.2, 0) is 14.8 Å². The summed E-state index contributed by atoms with van der Waals surface area (Å²) in [4.78, 5) is 11.5. The molecule has 17 heavy (non-hydrogen) atoms. The normalized spacial score (nSPS) is 14.9. The summed E-state index contributed by atoms with van der Waals surface area (Å²) in [5.74, 6) is -0.999. The monoisotopic (exact) mass is 287 g/mol. The summed E-state index contributed by atoms with van der Waals surface area (Å²) in [7, 11) is -2.26. The van der Waals surface area contributed by atoms with Crippen LogP contribution in [0.1, 0.15) is 20.8 Å². The molecule has 4 N–H and O–H groups in total. The zero-order chi connectivity index (χ0) is 13.0. The molecule has 0 aliphatic heterocycles. The summed E-state index contributed by atoms with van der Waals surface area (Å²) in [6, 6.07) is 0. The number of rotatable bonds is 6. The summed E-state index contributed by atoms with van der Waals surface area (Å²) in [6.07, 6.45) is 0. The van der Waals surface area contributed by atoms with Crippen molar-refractivity contribution in [3.05, 3.63) is 0 Å². The van der Waals surface area contributed by atoms with Gasteiger partial charge in [-0.05, 0) is 19.9 Å². The first-order valence-electron chi connectivity index (χ1n) is 5.09. The molecular formula is C9H22ClN3O3S. The lowest BCUT2D eigenvalue weighted by atomic mass is 9.88. The van der Waals surface area contributed by atoms with E-state index >= 15 is 0 Å². The predicted molar refractivity (Wildman–Crippen MR) is 70.5 cm³/mol. The van der Waals surface area contributed by atoms with E-state index in [-0.39, 0.29) is 24.9 Å². The molecule has 0 aromatic rings. The third kappa shape index (κ3) is 6.21. The van der Waals surface area contributed by atoms with Crippen LogP contribution in [0.5, 0.6) is 0 Å². The number of nitrogens with two attached hydrogens (primary N) is 1. The van der Waals surface area contributed by atoms with Gasteiger partial charge < -0.3 is 11.1 Å². The van der Waals surface area contributed by atoms with Gasteiger partial charge in [0.15, 0.2) is 0 Å². The average Bonchev–Trinajstić information content (AvgIpc) is 2.16.